The maximum absolute atomic E-state index is 11.2. The van der Waals surface area contributed by atoms with Crippen LogP contribution >= 0.6 is 0 Å². The van der Waals surface area contributed by atoms with Crippen LogP contribution in [-0.4, -0.2) is 15.7 Å². The van der Waals surface area contributed by atoms with Crippen LogP contribution in [-0.2, 0) is 6.54 Å². The molecule has 2 N–H and O–H groups in total. The second-order valence-electron chi connectivity index (χ2n) is 3.68. The van der Waals surface area contributed by atoms with Crippen LogP contribution in [0.2, 0.25) is 0 Å². The number of aryl methyl sites for hydroxylation is 1. The van der Waals surface area contributed by atoms with Crippen LogP contribution in [0.5, 0.6) is 0 Å². The van der Waals surface area contributed by atoms with Gasteiger partial charge in [-0.2, -0.15) is 5.10 Å². The molecule has 0 radical (unpaired) electrons. The fourth-order valence-electron chi connectivity index (χ4n) is 1.62. The second-order valence-corrected chi connectivity index (χ2v) is 3.68. The smallest absolute Gasteiger partial charge is 0.266 e. The Balaban J connectivity index is 2.31. The molecule has 0 aliphatic carbocycles. The van der Waals surface area contributed by atoms with E-state index in [2.05, 4.69) is 5.10 Å². The molecule has 0 spiro atoms. The van der Waals surface area contributed by atoms with Crippen LogP contribution in [0.3, 0.4) is 0 Å². The van der Waals surface area contributed by atoms with Gasteiger partial charge in [0, 0.05) is 0 Å². The summed E-state index contributed by atoms with van der Waals surface area (Å²) in [4.78, 5) is 11.2. The highest BCUT2D eigenvalue weighted by molar-refractivity contribution is 5.91. The standard InChI is InChI=1S/C12H13N3O/c1-9-7-11(12(13)16)15(14-9)8-10-5-3-2-4-6-10/h2-7H,8H2,1H3,(H2,13,16). The van der Waals surface area contributed by atoms with Gasteiger partial charge in [0.05, 0.1) is 12.2 Å². The highest BCUT2D eigenvalue weighted by atomic mass is 16.1. The maximum atomic E-state index is 11.2. The fraction of sp³-hybridized carbons (Fsp3) is 0.167. The van der Waals surface area contributed by atoms with E-state index >= 15 is 0 Å². The molecule has 1 aromatic carbocycles. The molecule has 2 aromatic rings. The molecule has 1 heterocycles. The molecule has 1 aromatic heterocycles. The van der Waals surface area contributed by atoms with Crippen LogP contribution in [0.4, 0.5) is 0 Å². The Kier molecular flexibility index (Phi) is 2.72. The lowest BCUT2D eigenvalue weighted by atomic mass is 10.2. The van der Waals surface area contributed by atoms with Crippen molar-refractivity contribution < 1.29 is 4.79 Å². The lowest BCUT2D eigenvalue weighted by Crippen LogP contribution is -2.18. The number of nitrogens with zero attached hydrogens (tertiary/aromatic N) is 2. The fourth-order valence-corrected chi connectivity index (χ4v) is 1.62. The van der Waals surface area contributed by atoms with E-state index in [1.165, 1.54) is 0 Å². The second kappa shape index (κ2) is 4.18. The summed E-state index contributed by atoms with van der Waals surface area (Å²) in [5.74, 6) is -0.448. The zero-order valence-corrected chi connectivity index (χ0v) is 9.05. The van der Waals surface area contributed by atoms with E-state index in [1.807, 2.05) is 37.3 Å². The molecule has 82 valence electrons. The van der Waals surface area contributed by atoms with Gasteiger partial charge in [0.2, 0.25) is 0 Å². The van der Waals surface area contributed by atoms with E-state index in [-0.39, 0.29) is 0 Å². The van der Waals surface area contributed by atoms with Crippen molar-refractivity contribution in [2.75, 3.05) is 0 Å². The van der Waals surface area contributed by atoms with Crippen LogP contribution < -0.4 is 5.73 Å². The Morgan fingerprint density at radius 3 is 2.69 bits per heavy atom. The average Bonchev–Trinajstić information content (AvgIpc) is 2.61. The van der Waals surface area contributed by atoms with Crippen molar-refractivity contribution in [1.82, 2.24) is 9.78 Å². The minimum atomic E-state index is -0.448. The highest BCUT2D eigenvalue weighted by Gasteiger charge is 2.10. The number of carbonyl (C=O) groups is 1. The Bertz CT molecular complexity index is 502. The normalized spacial score (nSPS) is 10.3. The first kappa shape index (κ1) is 10.4. The van der Waals surface area contributed by atoms with E-state index < -0.39 is 5.91 Å². The predicted octanol–water partition coefficient (Wildman–Crippen LogP) is 1.34. The van der Waals surface area contributed by atoms with Crippen molar-refractivity contribution in [3.05, 3.63) is 53.3 Å². The maximum Gasteiger partial charge on any atom is 0.266 e. The Labute approximate surface area is 93.7 Å². The molecule has 2 rings (SSSR count). The predicted molar refractivity (Wildman–Crippen MR) is 61.0 cm³/mol. The van der Waals surface area contributed by atoms with E-state index in [1.54, 1.807) is 10.7 Å². The molecule has 0 atom stereocenters. The van der Waals surface area contributed by atoms with Gasteiger partial charge in [-0.05, 0) is 18.6 Å². The lowest BCUT2D eigenvalue weighted by Gasteiger charge is -2.04. The summed E-state index contributed by atoms with van der Waals surface area (Å²) >= 11 is 0. The summed E-state index contributed by atoms with van der Waals surface area (Å²) in [6, 6.07) is 11.5. The van der Waals surface area contributed by atoms with Crippen molar-refractivity contribution in [3.63, 3.8) is 0 Å². The number of nitrogens with two attached hydrogens (primary N) is 1. The zero-order valence-electron chi connectivity index (χ0n) is 9.05. The van der Waals surface area contributed by atoms with Crippen LogP contribution in [0.1, 0.15) is 21.7 Å². The highest BCUT2D eigenvalue weighted by Crippen LogP contribution is 2.07. The van der Waals surface area contributed by atoms with Gasteiger partial charge in [-0.15, -0.1) is 0 Å². The van der Waals surface area contributed by atoms with Crippen LogP contribution in [0.15, 0.2) is 36.4 Å². The van der Waals surface area contributed by atoms with E-state index in [0.717, 1.165) is 11.3 Å². The molecule has 16 heavy (non-hydrogen) atoms. The first-order valence-electron chi connectivity index (χ1n) is 5.05. The molecule has 4 nitrogen and oxygen atoms in total. The van der Waals surface area contributed by atoms with E-state index in [0.29, 0.717) is 12.2 Å². The number of rotatable bonds is 3. The number of hydrogen-bond acceptors (Lipinski definition) is 2. The molecule has 0 saturated heterocycles. The summed E-state index contributed by atoms with van der Waals surface area (Å²) in [5, 5.41) is 4.24. The van der Waals surface area contributed by atoms with Gasteiger partial charge >= 0.3 is 0 Å². The summed E-state index contributed by atoms with van der Waals surface area (Å²) in [6.45, 7) is 2.40. The molecule has 0 aliphatic heterocycles. The summed E-state index contributed by atoms with van der Waals surface area (Å²) in [7, 11) is 0. The van der Waals surface area contributed by atoms with Crippen molar-refractivity contribution in [2.45, 2.75) is 13.5 Å². The summed E-state index contributed by atoms with van der Waals surface area (Å²) in [6.07, 6.45) is 0. The molecule has 0 bridgehead atoms. The number of primary amides is 1. The Morgan fingerprint density at radius 1 is 1.38 bits per heavy atom. The summed E-state index contributed by atoms with van der Waals surface area (Å²) < 4.78 is 1.63. The monoisotopic (exact) mass is 215 g/mol. The number of hydrogen-bond donors (Lipinski definition) is 1. The van der Waals surface area contributed by atoms with Crippen molar-refractivity contribution in [3.8, 4) is 0 Å². The zero-order chi connectivity index (χ0) is 11.5. The molecule has 0 unspecified atom stereocenters. The van der Waals surface area contributed by atoms with E-state index in [4.69, 9.17) is 5.73 Å². The third-order valence-electron chi connectivity index (χ3n) is 2.33. The van der Waals surface area contributed by atoms with Gasteiger partial charge in [0.1, 0.15) is 5.69 Å². The third-order valence-corrected chi connectivity index (χ3v) is 2.33. The van der Waals surface area contributed by atoms with Gasteiger partial charge in [-0.3, -0.25) is 9.48 Å². The quantitative estimate of drug-likeness (QED) is 0.839. The molecule has 0 aliphatic rings. The minimum absolute atomic E-state index is 0.446. The molecule has 0 fully saturated rings. The van der Waals surface area contributed by atoms with Gasteiger partial charge in [0.15, 0.2) is 0 Å². The van der Waals surface area contributed by atoms with Crippen molar-refractivity contribution in [1.29, 1.82) is 0 Å². The number of carbonyl (C=O) groups excluding carboxylic acids is 1. The average molecular weight is 215 g/mol. The number of benzene rings is 1. The summed E-state index contributed by atoms with van der Waals surface area (Å²) in [5.41, 5.74) is 7.61. The molecule has 0 saturated carbocycles. The van der Waals surface area contributed by atoms with Crippen molar-refractivity contribution in [2.24, 2.45) is 5.73 Å². The molecular weight excluding hydrogens is 202 g/mol. The number of aromatic nitrogens is 2. The molecule has 4 heteroatoms. The SMILES string of the molecule is Cc1cc(C(N)=O)n(Cc2ccccc2)n1. The Hall–Kier alpha value is -2.10. The number of amides is 1. The van der Waals surface area contributed by atoms with Gasteiger partial charge in [-0.1, -0.05) is 30.3 Å². The molecular formula is C12H13N3O. The van der Waals surface area contributed by atoms with Crippen LogP contribution in [0.25, 0.3) is 0 Å². The largest absolute Gasteiger partial charge is 0.364 e. The van der Waals surface area contributed by atoms with Crippen molar-refractivity contribution >= 4 is 5.91 Å². The topological polar surface area (TPSA) is 60.9 Å². The van der Waals surface area contributed by atoms with Crippen LogP contribution in [0, 0.1) is 6.92 Å². The minimum Gasteiger partial charge on any atom is -0.364 e. The molecule has 1 amide bonds. The van der Waals surface area contributed by atoms with Gasteiger partial charge in [-0.25, -0.2) is 0 Å². The van der Waals surface area contributed by atoms with Gasteiger partial charge in [0.25, 0.3) is 5.91 Å². The third kappa shape index (κ3) is 2.11. The first-order chi connectivity index (χ1) is 7.66. The Morgan fingerprint density at radius 2 is 2.06 bits per heavy atom. The van der Waals surface area contributed by atoms with Gasteiger partial charge < -0.3 is 5.73 Å². The van der Waals surface area contributed by atoms with E-state index in [9.17, 15) is 4.79 Å². The lowest BCUT2D eigenvalue weighted by molar-refractivity contribution is 0.0990. The first-order valence-corrected chi connectivity index (χ1v) is 5.05.